The van der Waals surface area contributed by atoms with Gasteiger partial charge in [0.15, 0.2) is 0 Å². The third-order valence-electron chi connectivity index (χ3n) is 13.6. The van der Waals surface area contributed by atoms with Gasteiger partial charge in [-0.3, -0.25) is 57.5 Å². The smallest absolute Gasteiger partial charge is 0.326 e. The number of aliphatic carboxylic acids is 1. The van der Waals surface area contributed by atoms with E-state index in [4.69, 9.17) is 11.5 Å². The number of H-pyrrole nitrogens is 1. The summed E-state index contributed by atoms with van der Waals surface area (Å²) in [5.74, 6) is -12.4. The van der Waals surface area contributed by atoms with Crippen LogP contribution in [0.15, 0.2) is 12.5 Å². The van der Waals surface area contributed by atoms with Crippen molar-refractivity contribution < 1.29 is 72.5 Å². The number of carbonyl (C=O) groups excluding carboxylic acids is 12. The molecule has 12 amide bonds. The van der Waals surface area contributed by atoms with Crippen LogP contribution in [0.2, 0.25) is 0 Å². The van der Waals surface area contributed by atoms with Crippen molar-refractivity contribution in [1.29, 1.82) is 0 Å². The molecule has 0 spiro atoms. The van der Waals surface area contributed by atoms with Gasteiger partial charge < -0.3 is 90.5 Å². The molecule has 0 unspecified atom stereocenters. The van der Waals surface area contributed by atoms with Crippen molar-refractivity contribution in [1.82, 2.24) is 73.8 Å². The van der Waals surface area contributed by atoms with E-state index in [0.29, 0.717) is 37.1 Å². The highest BCUT2D eigenvalue weighted by molar-refractivity contribution is 7.98. The number of hydrogen-bond acceptors (Lipinski definition) is 20. The lowest BCUT2D eigenvalue weighted by Crippen LogP contribution is -2.61. The standard InChI is InChI=1S/C55H96N16O15S3/c1-10-31(8)45(70-43(75)23-60-46(76)33(57)17-28(2)3)54(84)66-37(19-32-20-58-27-62-32)47(77)61-21-41(73)59-22-42(74)63-34(13-11-12-15-56)48(78)64-35(14-16-89-9)49(79)68-39(25-87)52(82)65-36(18-29(4)5)50(80)67-38(24-72)51(81)69-40(26-88)53(83)71-44(30(6)7)55(85)86/h20,27-31,33-40,44-45,72,87-88H,10-19,21-26,56-57H2,1-9H3,(H,58,62)(H,59,73)(H,60,76)(H,61,77)(H,63,74)(H,64,78)(H,65,82)(H,66,84)(H,67,80)(H,68,79)(H,69,81)(H,70,75)(H,71,83)(H,85,86)/t31-,33-,34-,35-,36-,37-,38-,39-,40-,44-,45-/m0/s1. The summed E-state index contributed by atoms with van der Waals surface area (Å²) in [5.41, 5.74) is 12.1. The quantitative estimate of drug-likeness (QED) is 0.0217. The summed E-state index contributed by atoms with van der Waals surface area (Å²) >= 11 is 9.69. The van der Waals surface area contributed by atoms with Crippen LogP contribution in [0.1, 0.15) is 106 Å². The highest BCUT2D eigenvalue weighted by Gasteiger charge is 2.36. The second kappa shape index (κ2) is 43.0. The van der Waals surface area contributed by atoms with Crippen LogP contribution < -0.4 is 75.3 Å². The zero-order valence-corrected chi connectivity index (χ0v) is 54.8. The summed E-state index contributed by atoms with van der Waals surface area (Å²) in [6.07, 6.45) is 6.12. The van der Waals surface area contributed by atoms with Crippen LogP contribution in [0, 0.1) is 23.7 Å². The Bertz CT molecular complexity index is 2480. The fraction of sp³-hybridized carbons (Fsp3) is 0.709. The molecule has 19 N–H and O–H groups in total. The van der Waals surface area contributed by atoms with Gasteiger partial charge in [0.2, 0.25) is 70.9 Å². The second-order valence-electron chi connectivity index (χ2n) is 22.5. The van der Waals surface area contributed by atoms with Gasteiger partial charge >= 0.3 is 5.97 Å². The molecular weight excluding hydrogens is 1220 g/mol. The molecule has 34 heteroatoms. The van der Waals surface area contributed by atoms with E-state index >= 15 is 0 Å². The van der Waals surface area contributed by atoms with Crippen LogP contribution >= 0.6 is 37.0 Å². The average Bonchev–Trinajstić information content (AvgIpc) is 4.24. The zero-order chi connectivity index (χ0) is 67.5. The Morgan fingerprint density at radius 2 is 1.04 bits per heavy atom. The molecule has 0 saturated carbocycles. The molecule has 1 aromatic heterocycles. The first-order valence-electron chi connectivity index (χ1n) is 29.5. The fourth-order valence-corrected chi connectivity index (χ4v) is 9.37. The van der Waals surface area contributed by atoms with Crippen molar-refractivity contribution in [3.05, 3.63) is 18.2 Å². The number of hydrogen-bond donors (Lipinski definition) is 19. The predicted molar refractivity (Wildman–Crippen MR) is 338 cm³/mol. The molecule has 1 heterocycles. The number of nitrogens with one attached hydrogen (secondary N) is 13. The fourth-order valence-electron chi connectivity index (χ4n) is 8.38. The molecule has 1 aromatic rings. The van der Waals surface area contributed by atoms with E-state index in [9.17, 15) is 72.5 Å². The summed E-state index contributed by atoms with van der Waals surface area (Å²) in [5, 5.41) is 49.5. The Balaban J connectivity index is 3.15. The van der Waals surface area contributed by atoms with E-state index in [1.54, 1.807) is 47.8 Å². The lowest BCUT2D eigenvalue weighted by atomic mass is 9.97. The first-order valence-corrected chi connectivity index (χ1v) is 32.1. The minimum Gasteiger partial charge on any atom is -0.480 e. The Morgan fingerprint density at radius 3 is 1.56 bits per heavy atom. The molecule has 31 nitrogen and oxygen atoms in total. The summed E-state index contributed by atoms with van der Waals surface area (Å²) in [6.45, 7) is 11.4. The number of aliphatic hydroxyl groups is 1. The largest absolute Gasteiger partial charge is 0.480 e. The molecule has 0 radical (unpaired) electrons. The minimum atomic E-state index is -1.65. The minimum absolute atomic E-state index is 0.00177. The van der Waals surface area contributed by atoms with Gasteiger partial charge in [0.05, 0.1) is 38.6 Å². The number of rotatable bonds is 44. The lowest BCUT2D eigenvalue weighted by Gasteiger charge is -2.27. The number of aromatic nitrogens is 2. The van der Waals surface area contributed by atoms with Gasteiger partial charge in [0, 0.05) is 29.8 Å². The van der Waals surface area contributed by atoms with Crippen LogP contribution in [0.5, 0.6) is 0 Å². The lowest BCUT2D eigenvalue weighted by molar-refractivity contribution is -0.143. The van der Waals surface area contributed by atoms with Crippen molar-refractivity contribution in [3.63, 3.8) is 0 Å². The van der Waals surface area contributed by atoms with Crippen LogP contribution in [0.3, 0.4) is 0 Å². The van der Waals surface area contributed by atoms with Crippen LogP contribution in [0.4, 0.5) is 0 Å². The van der Waals surface area contributed by atoms with E-state index in [-0.39, 0.29) is 55.6 Å². The van der Waals surface area contributed by atoms with Crippen molar-refractivity contribution in [3.8, 4) is 0 Å². The summed E-state index contributed by atoms with van der Waals surface area (Å²) in [6, 6.07) is -12.9. The number of carboxylic acids is 1. The van der Waals surface area contributed by atoms with Crippen LogP contribution in [0.25, 0.3) is 0 Å². The Labute approximate surface area is 534 Å². The molecule has 0 aliphatic heterocycles. The molecular formula is C55H96N16O15S3. The third kappa shape index (κ3) is 31.0. The van der Waals surface area contributed by atoms with Crippen molar-refractivity contribution in [2.24, 2.45) is 35.1 Å². The Morgan fingerprint density at radius 1 is 0.562 bits per heavy atom. The second-order valence-corrected chi connectivity index (χ2v) is 24.2. The Hall–Kier alpha value is -6.75. The number of thioether (sulfide) groups is 1. The molecule has 0 saturated heterocycles. The molecule has 11 atom stereocenters. The first kappa shape index (κ1) is 80.3. The van der Waals surface area contributed by atoms with E-state index in [2.05, 4.69) is 99.0 Å². The number of nitrogens with two attached hydrogens (primary N) is 2. The maximum Gasteiger partial charge on any atom is 0.326 e. The van der Waals surface area contributed by atoms with Gasteiger partial charge in [-0.05, 0) is 80.7 Å². The maximum absolute atomic E-state index is 14.0. The van der Waals surface area contributed by atoms with Crippen LogP contribution in [-0.4, -0.2) is 214 Å². The molecule has 504 valence electrons. The SMILES string of the molecule is CC[C@H](C)[C@H](NC(=O)CNC(=O)[C@@H](N)CC(C)C)C(=O)N[C@@H](Cc1cnc[nH]1)C(=O)NCC(=O)NCC(=O)N[C@@H](CCCCN)C(=O)N[C@@H](CCSC)C(=O)N[C@@H](CS)C(=O)N[C@@H](CC(C)C)C(=O)N[C@@H](CO)C(=O)N[C@@H](CS)C(=O)N[C@H](C(=O)O)C(C)C. The monoisotopic (exact) mass is 1320 g/mol. The molecule has 0 fully saturated rings. The number of carboxylic acid groups (broad SMARTS) is 1. The number of carbonyl (C=O) groups is 13. The van der Waals surface area contributed by atoms with E-state index in [1.165, 1.54) is 24.3 Å². The van der Waals surface area contributed by atoms with Gasteiger partial charge in [-0.2, -0.15) is 37.0 Å². The number of nitrogens with zero attached hydrogens (tertiary/aromatic N) is 1. The number of imidazole rings is 1. The number of amides is 12. The topological polar surface area (TPSA) is 487 Å². The molecule has 89 heavy (non-hydrogen) atoms. The number of aliphatic hydroxyl groups excluding tert-OH is 1. The van der Waals surface area contributed by atoms with Crippen molar-refractivity contribution in [2.75, 3.05) is 56.3 Å². The molecule has 0 aromatic carbocycles. The summed E-state index contributed by atoms with van der Waals surface area (Å²) < 4.78 is 0. The normalized spacial score (nSPS) is 14.9. The molecule has 1 rings (SSSR count). The first-order chi connectivity index (χ1) is 42.0. The van der Waals surface area contributed by atoms with E-state index < -0.39 is 175 Å². The van der Waals surface area contributed by atoms with Gasteiger partial charge in [-0.25, -0.2) is 9.78 Å². The zero-order valence-electron chi connectivity index (χ0n) is 52.2. The van der Waals surface area contributed by atoms with E-state index in [1.807, 2.05) is 13.8 Å². The molecule has 0 aliphatic carbocycles. The molecule has 0 bridgehead atoms. The third-order valence-corrected chi connectivity index (χ3v) is 15.0. The Kier molecular flexibility index (Phi) is 38.8. The number of thiol groups is 2. The van der Waals surface area contributed by atoms with Gasteiger partial charge in [-0.1, -0.05) is 61.8 Å². The highest BCUT2D eigenvalue weighted by Crippen LogP contribution is 2.12. The molecule has 0 aliphatic rings. The summed E-state index contributed by atoms with van der Waals surface area (Å²) in [4.78, 5) is 179. The number of unbranched alkanes of at least 4 members (excludes halogenated alkanes) is 1. The maximum atomic E-state index is 14.0. The van der Waals surface area contributed by atoms with Crippen molar-refractivity contribution >= 4 is 114 Å². The van der Waals surface area contributed by atoms with Gasteiger partial charge in [-0.15, -0.1) is 0 Å². The average molecular weight is 1320 g/mol. The summed E-state index contributed by atoms with van der Waals surface area (Å²) in [7, 11) is 0. The van der Waals surface area contributed by atoms with Gasteiger partial charge in [0.1, 0.15) is 54.4 Å². The van der Waals surface area contributed by atoms with E-state index in [0.717, 1.165) is 0 Å². The van der Waals surface area contributed by atoms with Crippen molar-refractivity contribution in [2.45, 2.75) is 167 Å². The number of aromatic amines is 1. The van der Waals surface area contributed by atoms with Crippen LogP contribution in [-0.2, 0) is 68.7 Å². The predicted octanol–water partition coefficient (Wildman–Crippen LogP) is -4.40. The van der Waals surface area contributed by atoms with Gasteiger partial charge in [0.25, 0.3) is 0 Å². The highest BCUT2D eigenvalue weighted by atomic mass is 32.2.